The number of amides is 1. The number of fused-ring (bicyclic) bond motifs is 1. The van der Waals surface area contributed by atoms with E-state index in [4.69, 9.17) is 4.98 Å². The molecule has 3 aromatic heterocycles. The number of hydrogen-bond donors (Lipinski definition) is 2. The van der Waals surface area contributed by atoms with Crippen molar-refractivity contribution in [2.45, 2.75) is 65.7 Å². The van der Waals surface area contributed by atoms with Crippen molar-refractivity contribution >= 4 is 22.8 Å². The van der Waals surface area contributed by atoms with Gasteiger partial charge < -0.3 is 5.32 Å². The number of H-pyrrole nitrogens is 1. The van der Waals surface area contributed by atoms with Gasteiger partial charge in [0.05, 0.1) is 17.6 Å². The van der Waals surface area contributed by atoms with Gasteiger partial charge in [0.2, 0.25) is 11.9 Å². The zero-order chi connectivity index (χ0) is 24.5. The molecule has 9 heteroatoms. The van der Waals surface area contributed by atoms with Crippen molar-refractivity contribution in [1.29, 1.82) is 0 Å². The minimum atomic E-state index is -0.315. The predicted molar refractivity (Wildman–Crippen MR) is 135 cm³/mol. The molecule has 0 aliphatic heterocycles. The Kier molecular flexibility index (Phi) is 6.23. The summed E-state index contributed by atoms with van der Waals surface area (Å²) in [6.07, 6.45) is 9.14. The van der Waals surface area contributed by atoms with Gasteiger partial charge in [-0.25, -0.2) is 4.68 Å². The number of aryl methyl sites for hydroxylation is 2. The molecule has 1 aliphatic carbocycles. The molecule has 4 aromatic rings. The van der Waals surface area contributed by atoms with Crippen molar-refractivity contribution in [3.8, 4) is 11.6 Å². The van der Waals surface area contributed by atoms with Gasteiger partial charge in [-0.2, -0.15) is 19.9 Å². The lowest BCUT2D eigenvalue weighted by Crippen LogP contribution is -2.19. The van der Waals surface area contributed by atoms with Crippen LogP contribution >= 0.6 is 0 Å². The second kappa shape index (κ2) is 9.48. The van der Waals surface area contributed by atoms with E-state index >= 15 is 0 Å². The van der Waals surface area contributed by atoms with Crippen LogP contribution in [0.25, 0.3) is 22.7 Å². The van der Waals surface area contributed by atoms with E-state index in [9.17, 15) is 9.59 Å². The van der Waals surface area contributed by atoms with Crippen molar-refractivity contribution in [2.75, 3.05) is 5.32 Å². The monoisotopic (exact) mass is 473 g/mol. The molecule has 0 radical (unpaired) electrons. The van der Waals surface area contributed by atoms with Gasteiger partial charge in [0.15, 0.2) is 5.65 Å². The Morgan fingerprint density at radius 1 is 1.14 bits per heavy atom. The molecular weight excluding hydrogens is 442 g/mol. The SMILES string of the molecule is Cc1cc(NC(=O)CCC2CCCCC2)n(-c2nc3c(cnn3-c3cccc(C)c3C)c(=O)[nH]2)n1. The Morgan fingerprint density at radius 3 is 2.74 bits per heavy atom. The maximum absolute atomic E-state index is 12.9. The molecule has 1 saturated carbocycles. The minimum Gasteiger partial charge on any atom is -0.310 e. The molecule has 0 atom stereocenters. The summed E-state index contributed by atoms with van der Waals surface area (Å²) in [6.45, 7) is 5.89. The van der Waals surface area contributed by atoms with Gasteiger partial charge in [0.25, 0.3) is 5.56 Å². The zero-order valence-corrected chi connectivity index (χ0v) is 20.5. The highest BCUT2D eigenvalue weighted by molar-refractivity contribution is 5.90. The topological polar surface area (TPSA) is 110 Å². The van der Waals surface area contributed by atoms with Crippen molar-refractivity contribution in [3.63, 3.8) is 0 Å². The van der Waals surface area contributed by atoms with Gasteiger partial charge in [-0.3, -0.25) is 14.6 Å². The molecular formula is C26H31N7O2. The van der Waals surface area contributed by atoms with E-state index in [1.165, 1.54) is 43.0 Å². The normalized spacial score (nSPS) is 14.5. The highest BCUT2D eigenvalue weighted by Crippen LogP contribution is 2.27. The molecule has 1 amide bonds. The van der Waals surface area contributed by atoms with Gasteiger partial charge in [0, 0.05) is 12.5 Å². The van der Waals surface area contributed by atoms with Crippen LogP contribution in [-0.4, -0.2) is 35.4 Å². The lowest BCUT2D eigenvalue weighted by atomic mass is 9.86. The summed E-state index contributed by atoms with van der Waals surface area (Å²) in [4.78, 5) is 33.2. The van der Waals surface area contributed by atoms with Crippen LogP contribution in [0.4, 0.5) is 5.82 Å². The number of rotatable bonds is 6. The number of nitrogens with one attached hydrogen (secondary N) is 2. The zero-order valence-electron chi connectivity index (χ0n) is 20.5. The molecule has 0 unspecified atom stereocenters. The van der Waals surface area contributed by atoms with Crippen molar-refractivity contribution < 1.29 is 4.79 Å². The summed E-state index contributed by atoms with van der Waals surface area (Å²) in [5.41, 5.74) is 3.86. The number of carbonyl (C=O) groups is 1. The first-order valence-corrected chi connectivity index (χ1v) is 12.3. The van der Waals surface area contributed by atoms with E-state index in [1.54, 1.807) is 10.7 Å². The van der Waals surface area contributed by atoms with Crippen LogP contribution in [0, 0.1) is 26.7 Å². The average Bonchev–Trinajstić information content (AvgIpc) is 3.43. The largest absolute Gasteiger partial charge is 0.310 e. The Hall–Kier alpha value is -3.75. The molecule has 2 N–H and O–H groups in total. The first-order valence-electron chi connectivity index (χ1n) is 12.3. The van der Waals surface area contributed by atoms with Crippen molar-refractivity contribution in [1.82, 2.24) is 29.5 Å². The summed E-state index contributed by atoms with van der Waals surface area (Å²) in [7, 11) is 0. The average molecular weight is 474 g/mol. The second-order valence-electron chi connectivity index (χ2n) is 9.58. The second-order valence-corrected chi connectivity index (χ2v) is 9.58. The lowest BCUT2D eigenvalue weighted by Gasteiger charge is -2.21. The smallest absolute Gasteiger partial charge is 0.263 e. The minimum absolute atomic E-state index is 0.0550. The molecule has 9 nitrogen and oxygen atoms in total. The molecule has 5 rings (SSSR count). The summed E-state index contributed by atoms with van der Waals surface area (Å²) in [5.74, 6) is 1.29. The van der Waals surface area contributed by atoms with E-state index < -0.39 is 0 Å². The summed E-state index contributed by atoms with van der Waals surface area (Å²) >= 11 is 0. The molecule has 0 bridgehead atoms. The number of nitrogens with zero attached hydrogens (tertiary/aromatic N) is 5. The van der Waals surface area contributed by atoms with E-state index in [0.29, 0.717) is 34.9 Å². The fraction of sp³-hybridized carbons (Fsp3) is 0.423. The van der Waals surface area contributed by atoms with Crippen LogP contribution in [-0.2, 0) is 4.79 Å². The number of aromatic nitrogens is 6. The molecule has 1 aliphatic rings. The number of anilines is 1. The highest BCUT2D eigenvalue weighted by Gasteiger charge is 2.19. The van der Waals surface area contributed by atoms with Crippen LogP contribution < -0.4 is 10.9 Å². The van der Waals surface area contributed by atoms with Gasteiger partial charge in [0.1, 0.15) is 11.2 Å². The van der Waals surface area contributed by atoms with E-state index in [0.717, 1.165) is 23.2 Å². The number of carbonyl (C=O) groups excluding carboxylic acids is 1. The standard InChI is InChI=1S/C26H31N7O2/c1-16-8-7-11-21(18(16)3)32-24-20(15-27-32)25(35)30-26(29-24)33-22(14-17(2)31-33)28-23(34)13-12-19-9-5-4-6-10-19/h7-8,11,14-15,19H,4-6,9-10,12-13H2,1-3H3,(H,28,34)(H,29,30,35). The van der Waals surface area contributed by atoms with Crippen LogP contribution in [0.15, 0.2) is 35.3 Å². The highest BCUT2D eigenvalue weighted by atomic mass is 16.1. The van der Waals surface area contributed by atoms with Crippen LogP contribution in [0.3, 0.4) is 0 Å². The van der Waals surface area contributed by atoms with Crippen LogP contribution in [0.1, 0.15) is 61.8 Å². The summed E-state index contributed by atoms with van der Waals surface area (Å²) in [6, 6.07) is 7.72. The predicted octanol–water partition coefficient (Wildman–Crippen LogP) is 4.52. The lowest BCUT2D eigenvalue weighted by molar-refractivity contribution is -0.116. The third-order valence-electron chi connectivity index (χ3n) is 7.03. The first kappa shape index (κ1) is 23.0. The van der Waals surface area contributed by atoms with Gasteiger partial charge >= 0.3 is 0 Å². The quantitative estimate of drug-likeness (QED) is 0.428. The van der Waals surface area contributed by atoms with Crippen LogP contribution in [0.5, 0.6) is 0 Å². The van der Waals surface area contributed by atoms with Gasteiger partial charge in [-0.1, -0.05) is 44.2 Å². The molecule has 35 heavy (non-hydrogen) atoms. The Balaban J connectivity index is 1.46. The maximum atomic E-state index is 12.9. The number of benzene rings is 1. The maximum Gasteiger partial charge on any atom is 0.263 e. The third kappa shape index (κ3) is 4.62. The van der Waals surface area contributed by atoms with E-state index in [-0.39, 0.29) is 17.4 Å². The van der Waals surface area contributed by atoms with Crippen molar-refractivity contribution in [2.24, 2.45) is 5.92 Å². The van der Waals surface area contributed by atoms with Crippen molar-refractivity contribution in [3.05, 3.63) is 57.6 Å². The Bertz CT molecular complexity index is 1440. The van der Waals surface area contributed by atoms with E-state index in [1.807, 2.05) is 39.0 Å². The molecule has 1 fully saturated rings. The third-order valence-corrected chi connectivity index (χ3v) is 7.03. The fourth-order valence-electron chi connectivity index (χ4n) is 4.91. The Morgan fingerprint density at radius 2 is 1.94 bits per heavy atom. The molecule has 3 heterocycles. The molecule has 182 valence electrons. The number of hydrogen-bond acceptors (Lipinski definition) is 5. The Labute approximate surface area is 203 Å². The summed E-state index contributed by atoms with van der Waals surface area (Å²) in [5, 5.41) is 12.3. The molecule has 0 saturated heterocycles. The fourth-order valence-corrected chi connectivity index (χ4v) is 4.91. The van der Waals surface area contributed by atoms with Gasteiger partial charge in [-0.05, 0) is 50.3 Å². The summed E-state index contributed by atoms with van der Waals surface area (Å²) < 4.78 is 3.16. The first-order chi connectivity index (χ1) is 16.9. The molecule has 1 aromatic carbocycles. The number of aromatic amines is 1. The van der Waals surface area contributed by atoms with E-state index in [2.05, 4.69) is 20.5 Å². The molecule has 0 spiro atoms. The van der Waals surface area contributed by atoms with Crippen LogP contribution in [0.2, 0.25) is 0 Å². The van der Waals surface area contributed by atoms with Gasteiger partial charge in [-0.15, -0.1) is 0 Å².